The van der Waals surface area contributed by atoms with Gasteiger partial charge in [-0.1, -0.05) is 23.2 Å². The molecule has 3 N–H and O–H groups in total. The molecule has 112 valence electrons. The lowest BCUT2D eigenvalue weighted by atomic mass is 10.2. The molecular weight excluding hydrogens is 339 g/mol. The number of nitrogens with one attached hydrogen (secondary N) is 1. The summed E-state index contributed by atoms with van der Waals surface area (Å²) in [6.45, 7) is 1.69. The summed E-state index contributed by atoms with van der Waals surface area (Å²) >= 11 is 11.9. The molecule has 1 amide bonds. The first kappa shape index (κ1) is 15.8. The number of halogens is 2. The molecule has 1 aromatic heterocycles. The Kier molecular flexibility index (Phi) is 4.29. The number of benzene rings is 1. The van der Waals surface area contributed by atoms with E-state index in [9.17, 15) is 13.2 Å². The lowest BCUT2D eigenvalue weighted by Crippen LogP contribution is -2.14. The fourth-order valence-corrected chi connectivity index (χ4v) is 2.86. The second-order valence-electron chi connectivity index (χ2n) is 4.21. The summed E-state index contributed by atoms with van der Waals surface area (Å²) in [7, 11) is -3.94. The van der Waals surface area contributed by atoms with Crippen molar-refractivity contribution in [2.75, 3.05) is 5.32 Å². The second-order valence-corrected chi connectivity index (χ2v) is 6.58. The Morgan fingerprint density at radius 2 is 1.81 bits per heavy atom. The number of amides is 1. The molecule has 0 saturated heterocycles. The molecule has 2 rings (SSSR count). The summed E-state index contributed by atoms with van der Waals surface area (Å²) in [4.78, 5) is 11.7. The second kappa shape index (κ2) is 5.69. The highest BCUT2D eigenvalue weighted by Gasteiger charge is 2.17. The normalized spacial score (nSPS) is 11.4. The standard InChI is InChI=1S/C12H10Cl2N2O4S/c1-6-2-7(5-20-6)12(17)16-11-9(13)3-8(4-10(11)14)21(15,18)19/h2-5H,1H3,(H,16,17)(H2,15,18,19). The Labute approximate surface area is 130 Å². The zero-order valence-electron chi connectivity index (χ0n) is 10.7. The number of hydrogen-bond donors (Lipinski definition) is 2. The van der Waals surface area contributed by atoms with Crippen LogP contribution in [-0.2, 0) is 10.0 Å². The molecule has 6 nitrogen and oxygen atoms in total. The number of carbonyl (C=O) groups is 1. The fourth-order valence-electron chi connectivity index (χ4n) is 1.58. The predicted molar refractivity (Wildman–Crippen MR) is 79.2 cm³/mol. The number of sulfonamides is 1. The number of rotatable bonds is 3. The molecule has 0 aliphatic rings. The SMILES string of the molecule is Cc1cc(C(=O)Nc2c(Cl)cc(S(N)(=O)=O)cc2Cl)co1. The van der Waals surface area contributed by atoms with Crippen LogP contribution in [0.4, 0.5) is 5.69 Å². The molecule has 2 aromatic rings. The van der Waals surface area contributed by atoms with Crippen molar-refractivity contribution >= 4 is 44.8 Å². The van der Waals surface area contributed by atoms with Gasteiger partial charge in [-0.3, -0.25) is 4.79 Å². The number of anilines is 1. The van der Waals surface area contributed by atoms with Gasteiger partial charge in [-0.05, 0) is 25.1 Å². The molecule has 0 aliphatic carbocycles. The maximum Gasteiger partial charge on any atom is 0.259 e. The van der Waals surface area contributed by atoms with Crippen LogP contribution in [0.2, 0.25) is 10.0 Å². The summed E-state index contributed by atoms with van der Waals surface area (Å²) in [6, 6.07) is 3.76. The predicted octanol–water partition coefficient (Wildman–Crippen LogP) is 2.79. The number of nitrogens with two attached hydrogens (primary N) is 1. The zero-order valence-corrected chi connectivity index (χ0v) is 13.0. The van der Waals surface area contributed by atoms with Crippen LogP contribution in [0.3, 0.4) is 0 Å². The Morgan fingerprint density at radius 1 is 1.24 bits per heavy atom. The van der Waals surface area contributed by atoms with Crippen molar-refractivity contribution < 1.29 is 17.6 Å². The first-order chi connectivity index (χ1) is 9.68. The van der Waals surface area contributed by atoms with E-state index in [1.165, 1.54) is 12.3 Å². The Bertz CT molecular complexity index is 791. The molecule has 0 spiro atoms. The van der Waals surface area contributed by atoms with E-state index in [0.29, 0.717) is 5.76 Å². The molecule has 0 aliphatic heterocycles. The van der Waals surface area contributed by atoms with Crippen LogP contribution in [0.15, 0.2) is 33.8 Å². The third-order valence-corrected chi connectivity index (χ3v) is 4.06. The topological polar surface area (TPSA) is 102 Å². The molecule has 0 bridgehead atoms. The third-order valence-electron chi connectivity index (χ3n) is 2.58. The van der Waals surface area contributed by atoms with Gasteiger partial charge in [-0.15, -0.1) is 0 Å². The van der Waals surface area contributed by atoms with E-state index < -0.39 is 15.9 Å². The van der Waals surface area contributed by atoms with Gasteiger partial charge < -0.3 is 9.73 Å². The van der Waals surface area contributed by atoms with Crippen LogP contribution < -0.4 is 10.5 Å². The van der Waals surface area contributed by atoms with Crippen LogP contribution in [0.5, 0.6) is 0 Å². The smallest absolute Gasteiger partial charge is 0.259 e. The first-order valence-electron chi connectivity index (χ1n) is 5.57. The Hall–Kier alpha value is -1.54. The van der Waals surface area contributed by atoms with Crippen molar-refractivity contribution in [3.8, 4) is 0 Å². The van der Waals surface area contributed by atoms with Crippen LogP contribution in [0, 0.1) is 6.92 Å². The van der Waals surface area contributed by atoms with Gasteiger partial charge in [0.25, 0.3) is 5.91 Å². The summed E-state index contributed by atoms with van der Waals surface area (Å²) in [5.41, 5.74) is 0.379. The fraction of sp³-hybridized carbons (Fsp3) is 0.0833. The third kappa shape index (κ3) is 3.56. The van der Waals surface area contributed by atoms with E-state index in [1.807, 2.05) is 0 Å². The van der Waals surface area contributed by atoms with Crippen LogP contribution in [-0.4, -0.2) is 14.3 Å². The van der Waals surface area contributed by atoms with Gasteiger partial charge in [0.2, 0.25) is 10.0 Å². The highest BCUT2D eigenvalue weighted by atomic mass is 35.5. The number of furan rings is 1. The lowest BCUT2D eigenvalue weighted by Gasteiger charge is -2.10. The zero-order chi connectivity index (χ0) is 15.8. The van der Waals surface area contributed by atoms with E-state index >= 15 is 0 Å². The minimum Gasteiger partial charge on any atom is -0.469 e. The highest BCUT2D eigenvalue weighted by molar-refractivity contribution is 7.89. The quantitative estimate of drug-likeness (QED) is 0.889. The van der Waals surface area contributed by atoms with E-state index in [4.69, 9.17) is 32.8 Å². The van der Waals surface area contributed by atoms with E-state index in [2.05, 4.69) is 5.32 Å². The summed E-state index contributed by atoms with van der Waals surface area (Å²) in [6.07, 6.45) is 1.28. The van der Waals surface area contributed by atoms with Crippen molar-refractivity contribution in [1.29, 1.82) is 0 Å². The van der Waals surface area contributed by atoms with Crippen LogP contribution in [0.25, 0.3) is 0 Å². The molecule has 9 heteroatoms. The average molecular weight is 349 g/mol. The minimum atomic E-state index is -3.94. The molecule has 0 fully saturated rings. The van der Waals surface area contributed by atoms with Gasteiger partial charge in [-0.25, -0.2) is 13.6 Å². The van der Waals surface area contributed by atoms with Crippen molar-refractivity contribution in [3.05, 3.63) is 45.8 Å². The van der Waals surface area contributed by atoms with E-state index in [0.717, 1.165) is 12.1 Å². The Morgan fingerprint density at radius 3 is 2.24 bits per heavy atom. The van der Waals surface area contributed by atoms with Crippen molar-refractivity contribution in [1.82, 2.24) is 0 Å². The van der Waals surface area contributed by atoms with Gasteiger partial charge in [0.15, 0.2) is 0 Å². The van der Waals surface area contributed by atoms with Gasteiger partial charge in [0.1, 0.15) is 12.0 Å². The van der Waals surface area contributed by atoms with Gasteiger partial charge in [0, 0.05) is 0 Å². The van der Waals surface area contributed by atoms with E-state index in [1.54, 1.807) is 6.92 Å². The van der Waals surface area contributed by atoms with Crippen molar-refractivity contribution in [3.63, 3.8) is 0 Å². The van der Waals surface area contributed by atoms with Crippen molar-refractivity contribution in [2.24, 2.45) is 5.14 Å². The van der Waals surface area contributed by atoms with Crippen molar-refractivity contribution in [2.45, 2.75) is 11.8 Å². The monoisotopic (exact) mass is 348 g/mol. The van der Waals surface area contributed by atoms with Gasteiger partial charge >= 0.3 is 0 Å². The maximum absolute atomic E-state index is 12.0. The molecule has 0 atom stereocenters. The Balaban J connectivity index is 2.35. The summed E-state index contributed by atoms with van der Waals surface area (Å²) in [5, 5.41) is 7.40. The summed E-state index contributed by atoms with van der Waals surface area (Å²) < 4.78 is 27.5. The van der Waals surface area contributed by atoms with Crippen LogP contribution >= 0.6 is 23.2 Å². The summed E-state index contributed by atoms with van der Waals surface area (Å²) in [5.74, 6) is 0.0842. The molecular formula is C12H10Cl2N2O4S. The number of aryl methyl sites for hydroxylation is 1. The molecule has 1 aromatic carbocycles. The number of primary sulfonamides is 1. The van der Waals surface area contributed by atoms with Gasteiger partial charge in [0.05, 0.1) is 26.2 Å². The maximum atomic E-state index is 12.0. The molecule has 0 unspecified atom stereocenters. The van der Waals surface area contributed by atoms with E-state index in [-0.39, 0.29) is 26.2 Å². The average Bonchev–Trinajstić information content (AvgIpc) is 2.79. The molecule has 1 heterocycles. The number of carbonyl (C=O) groups excluding carboxylic acids is 1. The molecule has 21 heavy (non-hydrogen) atoms. The lowest BCUT2D eigenvalue weighted by molar-refractivity contribution is 0.102. The first-order valence-corrected chi connectivity index (χ1v) is 7.87. The largest absolute Gasteiger partial charge is 0.469 e. The highest BCUT2D eigenvalue weighted by Crippen LogP contribution is 2.33. The minimum absolute atomic E-state index is 0.0416. The number of hydrogen-bond acceptors (Lipinski definition) is 4. The van der Waals surface area contributed by atoms with Crippen LogP contribution in [0.1, 0.15) is 16.1 Å². The molecule has 0 saturated carbocycles. The van der Waals surface area contributed by atoms with Gasteiger partial charge in [-0.2, -0.15) is 0 Å². The molecule has 0 radical (unpaired) electrons.